The molecule has 2 N–H and O–H groups in total. The number of imide groups is 1. The van der Waals surface area contributed by atoms with Crippen LogP contribution in [0.3, 0.4) is 0 Å². The molecule has 0 spiro atoms. The first-order valence-corrected chi connectivity index (χ1v) is 17.0. The van der Waals surface area contributed by atoms with E-state index in [1.807, 2.05) is 18.2 Å². The second-order valence-electron chi connectivity index (χ2n) is 13.7. The SMILES string of the molecule is CN1CCC(N2C(=O)c3cc4c(cc3C2=O)NC(=C2C(=O)CC=CC2=NCC(O)COc2ccc3c5c2CCCN5CCC3)C4)CC1. The number of allylic oxidation sites excluding steroid dienone is 4. The zero-order valence-electron chi connectivity index (χ0n) is 26.9. The van der Waals surface area contributed by atoms with Crippen molar-refractivity contribution in [1.82, 2.24) is 9.80 Å². The molecule has 0 aromatic heterocycles. The number of hydrogen-bond acceptors (Lipinski definition) is 9. The Hall–Kier alpha value is -4.28. The minimum absolute atomic E-state index is 0.0573. The monoisotopic (exact) mass is 635 g/mol. The van der Waals surface area contributed by atoms with Crippen LogP contribution in [0.25, 0.3) is 0 Å². The van der Waals surface area contributed by atoms with Gasteiger partial charge in [-0.15, -0.1) is 0 Å². The molecule has 2 aromatic rings. The van der Waals surface area contributed by atoms with E-state index in [4.69, 9.17) is 4.74 Å². The van der Waals surface area contributed by atoms with Crippen LogP contribution in [0.5, 0.6) is 5.75 Å². The van der Waals surface area contributed by atoms with E-state index in [0.29, 0.717) is 34.5 Å². The number of nitrogens with zero attached hydrogens (tertiary/aromatic N) is 4. The van der Waals surface area contributed by atoms with Crippen LogP contribution >= 0.6 is 0 Å². The van der Waals surface area contributed by atoms with Crippen LogP contribution in [0.1, 0.15) is 69.5 Å². The molecule has 0 saturated carbocycles. The summed E-state index contributed by atoms with van der Waals surface area (Å²) >= 11 is 0. The summed E-state index contributed by atoms with van der Waals surface area (Å²) in [7, 11) is 2.06. The van der Waals surface area contributed by atoms with Crippen molar-refractivity contribution in [2.75, 3.05) is 56.6 Å². The van der Waals surface area contributed by atoms with Gasteiger partial charge in [0.2, 0.25) is 0 Å². The highest BCUT2D eigenvalue weighted by molar-refractivity contribution is 6.29. The molecule has 0 radical (unpaired) electrons. The molecule has 1 atom stereocenters. The van der Waals surface area contributed by atoms with Gasteiger partial charge < -0.3 is 25.0 Å². The molecule has 6 aliphatic rings. The fourth-order valence-electron chi connectivity index (χ4n) is 8.13. The normalized spacial score (nSPS) is 24.0. The number of ether oxygens (including phenoxy) is 1. The molecule has 5 aliphatic heterocycles. The number of carbonyl (C=O) groups is 3. The maximum absolute atomic E-state index is 13.4. The van der Waals surface area contributed by atoms with Crippen LogP contribution in [0.2, 0.25) is 0 Å². The number of aliphatic hydroxyl groups is 1. The molecule has 10 heteroatoms. The van der Waals surface area contributed by atoms with Gasteiger partial charge in [-0.05, 0) is 94.1 Å². The van der Waals surface area contributed by atoms with Gasteiger partial charge in [0.25, 0.3) is 11.8 Å². The molecule has 1 unspecified atom stereocenters. The summed E-state index contributed by atoms with van der Waals surface area (Å²) in [5.41, 5.74) is 8.14. The Kier molecular flexibility index (Phi) is 7.72. The number of aryl methyl sites for hydroxylation is 1. The molecule has 0 bridgehead atoms. The van der Waals surface area contributed by atoms with Crippen LogP contribution in [0.15, 0.2) is 52.7 Å². The van der Waals surface area contributed by atoms with Crippen molar-refractivity contribution in [3.05, 3.63) is 75.5 Å². The van der Waals surface area contributed by atoms with Crippen molar-refractivity contribution in [3.63, 3.8) is 0 Å². The first-order chi connectivity index (χ1) is 22.9. The van der Waals surface area contributed by atoms with Crippen molar-refractivity contribution in [3.8, 4) is 5.75 Å². The lowest BCUT2D eigenvalue weighted by atomic mass is 9.91. The van der Waals surface area contributed by atoms with E-state index in [1.54, 1.807) is 12.1 Å². The van der Waals surface area contributed by atoms with Crippen molar-refractivity contribution in [2.45, 2.75) is 63.5 Å². The number of amides is 2. The Morgan fingerprint density at radius 2 is 1.77 bits per heavy atom. The first kappa shape index (κ1) is 30.1. The predicted octanol–water partition coefficient (Wildman–Crippen LogP) is 3.71. The molecule has 47 heavy (non-hydrogen) atoms. The van der Waals surface area contributed by atoms with Gasteiger partial charge in [-0.1, -0.05) is 12.1 Å². The standard InChI is InChI=1S/C37H41N5O5/c1-40-15-11-24(12-16-40)42-36(45)27-17-23-18-31(39-30(23)19-28(27)37(42)46)34-29(7-2-8-32(34)44)38-20-25(43)21-47-33-10-9-22-5-3-13-41-14-4-6-26(33)35(22)41/h2,7,9-10,17,19,24-25,39,43H,3-6,8,11-16,18,20-21H2,1H3. The van der Waals surface area contributed by atoms with E-state index in [0.717, 1.165) is 75.3 Å². The Balaban J connectivity index is 0.973. The smallest absolute Gasteiger partial charge is 0.261 e. The lowest BCUT2D eigenvalue weighted by molar-refractivity contribution is -0.114. The highest BCUT2D eigenvalue weighted by atomic mass is 16.5. The molecular formula is C37H41N5O5. The molecule has 244 valence electrons. The Morgan fingerprint density at radius 3 is 2.57 bits per heavy atom. The van der Waals surface area contributed by atoms with E-state index in [9.17, 15) is 19.5 Å². The summed E-state index contributed by atoms with van der Waals surface area (Å²) in [6, 6.07) is 7.70. The Bertz CT molecular complexity index is 1720. The van der Waals surface area contributed by atoms with Crippen molar-refractivity contribution < 1.29 is 24.2 Å². The molecule has 1 aliphatic carbocycles. The van der Waals surface area contributed by atoms with E-state index in [-0.39, 0.29) is 43.2 Å². The highest BCUT2D eigenvalue weighted by Gasteiger charge is 2.42. The van der Waals surface area contributed by atoms with Crippen LogP contribution in [0.4, 0.5) is 11.4 Å². The van der Waals surface area contributed by atoms with Crippen molar-refractivity contribution in [2.24, 2.45) is 4.99 Å². The van der Waals surface area contributed by atoms with Crippen molar-refractivity contribution >= 4 is 34.7 Å². The third kappa shape index (κ3) is 5.37. The lowest BCUT2D eigenvalue weighted by Crippen LogP contribution is -2.46. The average Bonchev–Trinajstić information content (AvgIpc) is 3.60. The largest absolute Gasteiger partial charge is 0.490 e. The predicted molar refractivity (Wildman–Crippen MR) is 180 cm³/mol. The molecule has 1 fully saturated rings. The Morgan fingerprint density at radius 1 is 1.00 bits per heavy atom. The van der Waals surface area contributed by atoms with Gasteiger partial charge in [-0.2, -0.15) is 0 Å². The number of ketones is 1. The van der Waals surface area contributed by atoms with Crippen LogP contribution < -0.4 is 15.0 Å². The van der Waals surface area contributed by atoms with Crippen LogP contribution in [-0.2, 0) is 24.1 Å². The number of benzene rings is 2. The molecule has 2 aromatic carbocycles. The summed E-state index contributed by atoms with van der Waals surface area (Å²) in [4.78, 5) is 50.9. The topological polar surface area (TPSA) is 115 Å². The number of hydrogen-bond donors (Lipinski definition) is 2. The van der Waals surface area contributed by atoms with Gasteiger partial charge in [0.15, 0.2) is 5.78 Å². The summed E-state index contributed by atoms with van der Waals surface area (Å²) in [5.74, 6) is 0.315. The second kappa shape index (κ2) is 12.1. The van der Waals surface area contributed by atoms with E-state index < -0.39 is 6.10 Å². The number of piperidine rings is 1. The minimum Gasteiger partial charge on any atom is -0.490 e. The summed E-state index contributed by atoms with van der Waals surface area (Å²) < 4.78 is 6.16. The van der Waals surface area contributed by atoms with Crippen LogP contribution in [0, 0.1) is 0 Å². The van der Waals surface area contributed by atoms with Crippen molar-refractivity contribution in [1.29, 1.82) is 0 Å². The molecule has 10 nitrogen and oxygen atoms in total. The van der Waals surface area contributed by atoms with E-state index in [2.05, 4.69) is 33.2 Å². The zero-order chi connectivity index (χ0) is 32.2. The summed E-state index contributed by atoms with van der Waals surface area (Å²) in [6.45, 7) is 4.09. The van der Waals surface area contributed by atoms with E-state index >= 15 is 0 Å². The molecule has 1 saturated heterocycles. The van der Waals surface area contributed by atoms with Gasteiger partial charge in [0, 0.05) is 54.6 Å². The van der Waals surface area contributed by atoms with Gasteiger partial charge in [0.1, 0.15) is 18.5 Å². The number of anilines is 2. The van der Waals surface area contributed by atoms with Gasteiger partial charge in [-0.25, -0.2) is 0 Å². The average molecular weight is 636 g/mol. The Labute approximate surface area is 274 Å². The quantitative estimate of drug-likeness (QED) is 0.365. The fourth-order valence-corrected chi connectivity index (χ4v) is 8.13. The molecule has 2 amide bonds. The van der Waals surface area contributed by atoms with Gasteiger partial charge in [-0.3, -0.25) is 24.3 Å². The maximum atomic E-state index is 13.4. The fraction of sp³-hybridized carbons (Fsp3) is 0.459. The number of Topliss-reactive ketones (excluding diaryl/α,β-unsaturated/α-hetero) is 1. The zero-order valence-corrected chi connectivity index (χ0v) is 26.9. The molecule has 5 heterocycles. The number of aliphatic imine (C=N–C) groups is 1. The van der Waals surface area contributed by atoms with Gasteiger partial charge >= 0.3 is 0 Å². The minimum atomic E-state index is -0.844. The highest BCUT2D eigenvalue weighted by Crippen LogP contribution is 2.41. The number of rotatable bonds is 6. The van der Waals surface area contributed by atoms with E-state index in [1.165, 1.54) is 28.1 Å². The summed E-state index contributed by atoms with van der Waals surface area (Å²) in [5, 5.41) is 14.3. The summed E-state index contributed by atoms with van der Waals surface area (Å²) in [6.07, 6.45) is 9.39. The lowest BCUT2D eigenvalue weighted by Gasteiger charge is -2.37. The second-order valence-corrected chi connectivity index (χ2v) is 13.7. The number of fused-ring (bicyclic) bond motifs is 2. The van der Waals surface area contributed by atoms with Gasteiger partial charge in [0.05, 0.1) is 29.0 Å². The number of nitrogens with one attached hydrogen (secondary N) is 1. The first-order valence-electron chi connectivity index (χ1n) is 17.0. The number of aliphatic hydroxyl groups excluding tert-OH is 1. The third-order valence-electron chi connectivity index (χ3n) is 10.5. The third-order valence-corrected chi connectivity index (χ3v) is 10.5. The molecule has 8 rings (SSSR count). The number of likely N-dealkylation sites (tertiary alicyclic amines) is 1. The maximum Gasteiger partial charge on any atom is 0.261 e. The molecular weight excluding hydrogens is 594 g/mol. The number of carbonyl (C=O) groups excluding carboxylic acids is 3. The van der Waals surface area contributed by atoms with Crippen LogP contribution in [-0.4, -0.2) is 96.7 Å².